The Balaban J connectivity index is 1.83. The predicted octanol–water partition coefficient (Wildman–Crippen LogP) is -3.40. The minimum Gasteiger partial charge on any atom is -0.391 e. The molecule has 3 fully saturated rings. The molecule has 3 rings (SSSR count). The van der Waals surface area contributed by atoms with Gasteiger partial charge in [-0.3, -0.25) is 0 Å². The van der Waals surface area contributed by atoms with Crippen LogP contribution in [0.5, 0.6) is 0 Å². The van der Waals surface area contributed by atoms with Crippen LogP contribution in [0.2, 0.25) is 0 Å². The molecule has 0 aromatic heterocycles. The zero-order chi connectivity index (χ0) is 26.9. The third kappa shape index (κ3) is 6.20. The molecule has 3 aliphatic rings. The van der Waals surface area contributed by atoms with Gasteiger partial charge in [-0.15, -0.1) is 0 Å². The molecule has 0 spiro atoms. The standard InChI is InChI=1S/C23H45N3O10/c1-4-5-6-10-7-11(25)20(35-22-12(26)14(29)15(30)19(34-22)9(3)27)21(13(10)28)36-23-17(32)16(31)18(33-23)8(2)24/h8-23,27-32H,4-7,24-26H2,1-3H3/t8-,9+,10+,11?,12?,13?,14+,15-,16?,17?,18+,19?,20+,21+,22+,23-/m0/s1. The quantitative estimate of drug-likeness (QED) is 0.143. The minimum absolute atomic E-state index is 0.226. The highest BCUT2D eigenvalue weighted by Crippen LogP contribution is 2.36. The van der Waals surface area contributed by atoms with Crippen LogP contribution in [0.1, 0.15) is 46.5 Å². The Bertz CT molecular complexity index is 691. The van der Waals surface area contributed by atoms with Gasteiger partial charge < -0.3 is 66.8 Å². The van der Waals surface area contributed by atoms with Gasteiger partial charge in [0.25, 0.3) is 0 Å². The maximum absolute atomic E-state index is 11.3. The second-order valence-corrected chi connectivity index (χ2v) is 10.6. The topological polar surface area (TPSA) is 236 Å². The summed E-state index contributed by atoms with van der Waals surface area (Å²) in [5, 5.41) is 62.8. The summed E-state index contributed by atoms with van der Waals surface area (Å²) in [6, 6.07) is -2.43. The monoisotopic (exact) mass is 523 g/mol. The summed E-state index contributed by atoms with van der Waals surface area (Å²) < 4.78 is 23.5. The Morgan fingerprint density at radius 2 is 1.42 bits per heavy atom. The lowest BCUT2D eigenvalue weighted by Crippen LogP contribution is -2.67. The van der Waals surface area contributed by atoms with E-state index in [0.29, 0.717) is 12.8 Å². The van der Waals surface area contributed by atoms with Crippen LogP contribution in [-0.4, -0.2) is 122 Å². The average molecular weight is 524 g/mol. The van der Waals surface area contributed by atoms with E-state index in [2.05, 4.69) is 0 Å². The van der Waals surface area contributed by atoms with Crippen molar-refractivity contribution < 1.29 is 49.6 Å². The highest BCUT2D eigenvalue weighted by molar-refractivity contribution is 5.01. The number of ether oxygens (including phenoxy) is 4. The Morgan fingerprint density at radius 1 is 0.833 bits per heavy atom. The van der Waals surface area contributed by atoms with Crippen LogP contribution < -0.4 is 17.2 Å². The van der Waals surface area contributed by atoms with E-state index in [1.807, 2.05) is 6.92 Å². The number of rotatable bonds is 9. The first-order valence-electron chi connectivity index (χ1n) is 12.9. The normalized spacial score (nSPS) is 49.7. The molecular weight excluding hydrogens is 478 g/mol. The Kier molecular flexibility index (Phi) is 10.5. The van der Waals surface area contributed by atoms with E-state index in [-0.39, 0.29) is 5.92 Å². The van der Waals surface area contributed by atoms with Crippen molar-refractivity contribution >= 4 is 0 Å². The summed E-state index contributed by atoms with van der Waals surface area (Å²) in [6.07, 6.45) is -11.7. The molecule has 0 aromatic rings. The van der Waals surface area contributed by atoms with E-state index >= 15 is 0 Å². The zero-order valence-corrected chi connectivity index (χ0v) is 21.1. The molecule has 16 atom stereocenters. The first kappa shape index (κ1) is 30.0. The molecule has 0 amide bonds. The number of hydrogen-bond acceptors (Lipinski definition) is 13. The van der Waals surface area contributed by atoms with Gasteiger partial charge in [0.1, 0.15) is 48.8 Å². The van der Waals surface area contributed by atoms with Gasteiger partial charge in [0.2, 0.25) is 0 Å². The van der Waals surface area contributed by atoms with E-state index in [1.165, 1.54) is 6.92 Å². The fourth-order valence-corrected chi connectivity index (χ4v) is 5.38. The number of hydrogen-bond donors (Lipinski definition) is 9. The second kappa shape index (κ2) is 12.6. The number of nitrogens with two attached hydrogens (primary N) is 3. The van der Waals surface area contributed by atoms with Crippen LogP contribution in [0.15, 0.2) is 0 Å². The maximum Gasteiger partial charge on any atom is 0.187 e. The van der Waals surface area contributed by atoms with Crippen LogP contribution in [0.3, 0.4) is 0 Å². The first-order valence-corrected chi connectivity index (χ1v) is 12.9. The molecular formula is C23H45N3O10. The Labute approximate surface area is 211 Å². The van der Waals surface area contributed by atoms with E-state index in [0.717, 1.165) is 12.8 Å². The second-order valence-electron chi connectivity index (χ2n) is 10.6. The molecule has 36 heavy (non-hydrogen) atoms. The van der Waals surface area contributed by atoms with Crippen LogP contribution in [-0.2, 0) is 18.9 Å². The van der Waals surface area contributed by atoms with Crippen molar-refractivity contribution in [2.75, 3.05) is 0 Å². The van der Waals surface area contributed by atoms with E-state index < -0.39 is 91.7 Å². The van der Waals surface area contributed by atoms with Crippen molar-refractivity contribution in [2.24, 2.45) is 23.1 Å². The van der Waals surface area contributed by atoms with Crippen molar-refractivity contribution in [3.8, 4) is 0 Å². The molecule has 2 aliphatic heterocycles. The highest BCUT2D eigenvalue weighted by atomic mass is 16.7. The average Bonchev–Trinajstić information content (AvgIpc) is 3.10. The summed E-state index contributed by atoms with van der Waals surface area (Å²) in [4.78, 5) is 0. The molecule has 0 radical (unpaired) electrons. The Hall–Kier alpha value is -0.520. The van der Waals surface area contributed by atoms with Gasteiger partial charge >= 0.3 is 0 Å². The van der Waals surface area contributed by atoms with Crippen molar-refractivity contribution in [2.45, 2.75) is 138 Å². The van der Waals surface area contributed by atoms with Crippen molar-refractivity contribution in [3.05, 3.63) is 0 Å². The molecule has 12 N–H and O–H groups in total. The first-order chi connectivity index (χ1) is 16.9. The number of aliphatic hydroxyl groups excluding tert-OH is 6. The smallest absolute Gasteiger partial charge is 0.187 e. The van der Waals surface area contributed by atoms with Crippen LogP contribution in [0, 0.1) is 5.92 Å². The molecule has 6 unspecified atom stereocenters. The number of unbranched alkanes of at least 4 members (excludes halogenated alkanes) is 1. The highest BCUT2D eigenvalue weighted by Gasteiger charge is 2.53. The third-order valence-corrected chi connectivity index (χ3v) is 7.59. The molecule has 13 nitrogen and oxygen atoms in total. The molecule has 2 heterocycles. The summed E-state index contributed by atoms with van der Waals surface area (Å²) in [7, 11) is 0. The van der Waals surface area contributed by atoms with Gasteiger partial charge in [-0.2, -0.15) is 0 Å². The van der Waals surface area contributed by atoms with Gasteiger partial charge in [0.05, 0.1) is 18.2 Å². The fourth-order valence-electron chi connectivity index (χ4n) is 5.38. The van der Waals surface area contributed by atoms with Crippen LogP contribution in [0.4, 0.5) is 0 Å². The summed E-state index contributed by atoms with van der Waals surface area (Å²) >= 11 is 0. The van der Waals surface area contributed by atoms with E-state index in [1.54, 1.807) is 6.92 Å². The molecule has 1 saturated carbocycles. The van der Waals surface area contributed by atoms with Crippen molar-refractivity contribution in [3.63, 3.8) is 0 Å². The molecule has 0 bridgehead atoms. The predicted molar refractivity (Wildman–Crippen MR) is 126 cm³/mol. The maximum atomic E-state index is 11.3. The fraction of sp³-hybridized carbons (Fsp3) is 1.00. The van der Waals surface area contributed by atoms with Gasteiger partial charge in [-0.25, -0.2) is 0 Å². The summed E-state index contributed by atoms with van der Waals surface area (Å²) in [5.41, 5.74) is 18.4. The van der Waals surface area contributed by atoms with Gasteiger partial charge in [0, 0.05) is 12.1 Å². The number of aliphatic hydroxyl groups is 6. The molecule has 1 aliphatic carbocycles. The van der Waals surface area contributed by atoms with E-state index in [4.69, 9.17) is 36.1 Å². The van der Waals surface area contributed by atoms with Crippen LogP contribution in [0.25, 0.3) is 0 Å². The van der Waals surface area contributed by atoms with Gasteiger partial charge in [-0.05, 0) is 32.6 Å². The molecule has 0 aromatic carbocycles. The lowest BCUT2D eigenvalue weighted by Gasteiger charge is -2.48. The lowest BCUT2D eigenvalue weighted by atomic mass is 9.77. The summed E-state index contributed by atoms with van der Waals surface area (Å²) in [6.45, 7) is 5.06. The van der Waals surface area contributed by atoms with Crippen molar-refractivity contribution in [1.82, 2.24) is 0 Å². The van der Waals surface area contributed by atoms with Gasteiger partial charge in [0.15, 0.2) is 12.6 Å². The molecule has 2 saturated heterocycles. The lowest BCUT2D eigenvalue weighted by molar-refractivity contribution is -0.317. The molecule has 13 heteroatoms. The summed E-state index contributed by atoms with van der Waals surface area (Å²) in [5.74, 6) is -0.226. The van der Waals surface area contributed by atoms with E-state index in [9.17, 15) is 30.6 Å². The van der Waals surface area contributed by atoms with Crippen LogP contribution >= 0.6 is 0 Å². The zero-order valence-electron chi connectivity index (χ0n) is 21.1. The minimum atomic E-state index is -1.45. The molecule has 212 valence electrons. The Morgan fingerprint density at radius 3 is 1.97 bits per heavy atom. The largest absolute Gasteiger partial charge is 0.391 e. The third-order valence-electron chi connectivity index (χ3n) is 7.59. The SMILES string of the molecule is CCCC[C@@H]1CC(N)[C@@H](O[C@H]2OC([C@@H](C)O)[C@@H](O)[C@H](O)C2N)[C@H](O[C@@H]2O[C@H]([C@H](C)N)C(O)C2O)C1O. The van der Waals surface area contributed by atoms with Gasteiger partial charge in [-0.1, -0.05) is 19.8 Å². The van der Waals surface area contributed by atoms with Crippen molar-refractivity contribution in [1.29, 1.82) is 0 Å².